The van der Waals surface area contributed by atoms with Crippen molar-refractivity contribution in [3.05, 3.63) is 35.9 Å². The number of hydrogen-bond acceptors (Lipinski definition) is 5. The molecule has 4 rings (SSSR count). The number of carbonyl (C=O) groups is 1. The number of benzene rings is 1. The molecule has 1 aromatic carbocycles. The van der Waals surface area contributed by atoms with E-state index in [-0.39, 0.29) is 18.7 Å². The van der Waals surface area contributed by atoms with Gasteiger partial charge in [-0.3, -0.25) is 9.69 Å². The Morgan fingerprint density at radius 3 is 2.55 bits per heavy atom. The second-order valence-corrected chi connectivity index (χ2v) is 6.54. The number of hydrogen-bond donors (Lipinski definition) is 1. The lowest BCUT2D eigenvalue weighted by Crippen LogP contribution is -2.48. The molecule has 3 saturated heterocycles. The summed E-state index contributed by atoms with van der Waals surface area (Å²) in [5.74, 6) is -0.915. The Bertz CT molecular complexity index is 545. The minimum atomic E-state index is -0.593. The predicted octanol–water partition coefficient (Wildman–Crippen LogP) is 0.918. The summed E-state index contributed by atoms with van der Waals surface area (Å²) in [6.45, 7) is -0.226. The molecule has 3 aliphatic heterocycles. The molecule has 5 atom stereocenters. The molecular formula is C17H21NO4. The number of esters is 1. The molecule has 118 valence electrons. The zero-order valence-electron chi connectivity index (χ0n) is 12.6. The van der Waals surface area contributed by atoms with Gasteiger partial charge in [-0.1, -0.05) is 30.3 Å². The zero-order chi connectivity index (χ0) is 15.3. The topological polar surface area (TPSA) is 62.3 Å². The SMILES string of the molecule is CN1[C@@H]2CC(OC(=O)[C@@H](CO)c3ccccc3)C[C@@H]1[C@H]1O[C@@H]12. The van der Waals surface area contributed by atoms with E-state index in [0.29, 0.717) is 24.3 Å². The molecular weight excluding hydrogens is 282 g/mol. The number of ether oxygens (including phenoxy) is 2. The lowest BCUT2D eigenvalue weighted by Gasteiger charge is -2.38. The van der Waals surface area contributed by atoms with Gasteiger partial charge < -0.3 is 14.6 Å². The van der Waals surface area contributed by atoms with Gasteiger partial charge in [0, 0.05) is 24.9 Å². The standard InChI is InChI=1S/C17H21NO4/c1-18-13-7-11(8-14(18)16-15(13)22-16)21-17(20)12(9-19)10-5-3-2-4-6-10/h2-6,11-16,19H,7-9H2,1H3/t12-,13+,14+,15+,16+/m0/s1. The smallest absolute Gasteiger partial charge is 0.316 e. The average Bonchev–Trinajstić information content (AvgIpc) is 3.27. The number of epoxide rings is 1. The summed E-state index contributed by atoms with van der Waals surface area (Å²) in [4.78, 5) is 14.8. The van der Waals surface area contributed by atoms with Crippen LogP contribution in [0, 0.1) is 0 Å². The fourth-order valence-electron chi connectivity index (χ4n) is 4.04. The van der Waals surface area contributed by atoms with Gasteiger partial charge in [-0.15, -0.1) is 0 Å². The number of rotatable bonds is 4. The van der Waals surface area contributed by atoms with Crippen molar-refractivity contribution in [2.75, 3.05) is 13.7 Å². The van der Waals surface area contributed by atoms with Crippen molar-refractivity contribution in [2.24, 2.45) is 0 Å². The number of likely N-dealkylation sites (N-methyl/N-ethyl adjacent to an activating group) is 1. The summed E-state index contributed by atoms with van der Waals surface area (Å²) >= 11 is 0. The number of morpholine rings is 1. The van der Waals surface area contributed by atoms with Crippen molar-refractivity contribution in [1.29, 1.82) is 0 Å². The number of aliphatic hydroxyl groups excluding tert-OH is 1. The van der Waals surface area contributed by atoms with Crippen molar-refractivity contribution < 1.29 is 19.4 Å². The minimum absolute atomic E-state index is 0.0622. The van der Waals surface area contributed by atoms with E-state index >= 15 is 0 Å². The first-order valence-corrected chi connectivity index (χ1v) is 7.92. The molecule has 22 heavy (non-hydrogen) atoms. The van der Waals surface area contributed by atoms with Gasteiger partial charge in [0.15, 0.2) is 0 Å². The van der Waals surface area contributed by atoms with E-state index in [2.05, 4.69) is 11.9 Å². The van der Waals surface area contributed by atoms with E-state index in [4.69, 9.17) is 9.47 Å². The van der Waals surface area contributed by atoms with Crippen LogP contribution in [-0.2, 0) is 14.3 Å². The molecule has 5 nitrogen and oxygen atoms in total. The summed E-state index contributed by atoms with van der Waals surface area (Å²) in [5.41, 5.74) is 0.803. The van der Waals surface area contributed by atoms with Gasteiger partial charge >= 0.3 is 5.97 Å². The van der Waals surface area contributed by atoms with Crippen LogP contribution < -0.4 is 0 Å². The Hall–Kier alpha value is -1.43. The van der Waals surface area contributed by atoms with E-state index in [9.17, 15) is 9.90 Å². The molecule has 0 unspecified atom stereocenters. The molecule has 0 saturated carbocycles. The van der Waals surface area contributed by atoms with Gasteiger partial charge in [0.25, 0.3) is 0 Å². The van der Waals surface area contributed by atoms with Crippen molar-refractivity contribution in [3.63, 3.8) is 0 Å². The van der Waals surface area contributed by atoms with Crippen molar-refractivity contribution in [2.45, 2.75) is 49.2 Å². The van der Waals surface area contributed by atoms with Crippen LogP contribution >= 0.6 is 0 Å². The van der Waals surface area contributed by atoms with Crippen molar-refractivity contribution >= 4 is 5.97 Å². The Morgan fingerprint density at radius 2 is 1.95 bits per heavy atom. The maximum Gasteiger partial charge on any atom is 0.316 e. The molecule has 0 radical (unpaired) electrons. The maximum absolute atomic E-state index is 12.4. The van der Waals surface area contributed by atoms with Crippen molar-refractivity contribution in [3.8, 4) is 0 Å². The number of fused-ring (bicyclic) bond motifs is 5. The first-order chi connectivity index (χ1) is 10.7. The fraction of sp³-hybridized carbons (Fsp3) is 0.588. The van der Waals surface area contributed by atoms with Gasteiger partial charge in [-0.2, -0.15) is 0 Å². The number of aliphatic hydroxyl groups is 1. The van der Waals surface area contributed by atoms with E-state index in [0.717, 1.165) is 18.4 Å². The molecule has 0 aromatic heterocycles. The third kappa shape index (κ3) is 2.24. The molecule has 3 aliphatic rings. The van der Waals surface area contributed by atoms with Crippen LogP contribution in [0.5, 0.6) is 0 Å². The van der Waals surface area contributed by atoms with Gasteiger partial charge in [-0.25, -0.2) is 0 Å². The molecule has 0 aliphatic carbocycles. The molecule has 3 heterocycles. The monoisotopic (exact) mass is 303 g/mol. The summed E-state index contributed by atoms with van der Waals surface area (Å²) in [6, 6.07) is 10.1. The quantitative estimate of drug-likeness (QED) is 0.662. The van der Waals surface area contributed by atoms with Gasteiger partial charge in [-0.05, 0) is 12.6 Å². The van der Waals surface area contributed by atoms with Crippen LogP contribution in [0.25, 0.3) is 0 Å². The Morgan fingerprint density at radius 1 is 1.32 bits per heavy atom. The van der Waals surface area contributed by atoms with Crippen LogP contribution in [0.1, 0.15) is 24.3 Å². The Labute approximate surface area is 129 Å². The maximum atomic E-state index is 12.4. The second kappa shape index (κ2) is 5.33. The lowest BCUT2D eigenvalue weighted by molar-refractivity contribution is -0.156. The first-order valence-electron chi connectivity index (χ1n) is 7.92. The Balaban J connectivity index is 1.42. The van der Waals surface area contributed by atoms with E-state index in [1.165, 1.54) is 0 Å². The van der Waals surface area contributed by atoms with E-state index in [1.54, 1.807) is 0 Å². The molecule has 0 amide bonds. The van der Waals surface area contributed by atoms with Crippen LogP contribution in [-0.4, -0.2) is 60.0 Å². The third-order valence-electron chi connectivity index (χ3n) is 5.33. The highest BCUT2D eigenvalue weighted by Crippen LogP contribution is 2.48. The molecule has 1 aromatic rings. The summed E-state index contributed by atoms with van der Waals surface area (Å²) in [5, 5.41) is 9.56. The largest absolute Gasteiger partial charge is 0.462 e. The average molecular weight is 303 g/mol. The number of nitrogens with zero attached hydrogens (tertiary/aromatic N) is 1. The predicted molar refractivity (Wildman–Crippen MR) is 79.4 cm³/mol. The first kappa shape index (κ1) is 14.2. The van der Waals surface area contributed by atoms with Crippen LogP contribution in [0.15, 0.2) is 30.3 Å². The number of carbonyl (C=O) groups excluding carboxylic acids is 1. The highest BCUT2D eigenvalue weighted by Gasteiger charge is 2.62. The lowest BCUT2D eigenvalue weighted by atomic mass is 9.97. The van der Waals surface area contributed by atoms with Gasteiger partial charge in [0.2, 0.25) is 0 Å². The fourth-order valence-corrected chi connectivity index (χ4v) is 4.04. The van der Waals surface area contributed by atoms with E-state index in [1.807, 2.05) is 30.3 Å². The van der Waals surface area contributed by atoms with Gasteiger partial charge in [0.05, 0.1) is 6.61 Å². The molecule has 5 heteroatoms. The summed E-state index contributed by atoms with van der Waals surface area (Å²) in [6.07, 6.45) is 2.26. The third-order valence-corrected chi connectivity index (χ3v) is 5.33. The number of piperidine rings is 1. The normalized spacial score (nSPS) is 37.5. The van der Waals surface area contributed by atoms with Gasteiger partial charge in [0.1, 0.15) is 24.2 Å². The van der Waals surface area contributed by atoms with Crippen LogP contribution in [0.2, 0.25) is 0 Å². The Kier molecular flexibility index (Phi) is 3.44. The van der Waals surface area contributed by atoms with Crippen molar-refractivity contribution in [1.82, 2.24) is 4.90 Å². The van der Waals surface area contributed by atoms with E-state index < -0.39 is 5.92 Å². The molecule has 0 spiro atoms. The zero-order valence-corrected chi connectivity index (χ0v) is 12.6. The second-order valence-electron chi connectivity index (χ2n) is 6.54. The molecule has 3 fully saturated rings. The molecule has 2 bridgehead atoms. The summed E-state index contributed by atoms with van der Waals surface area (Å²) in [7, 11) is 2.13. The molecule has 1 N–H and O–H groups in total. The minimum Gasteiger partial charge on any atom is -0.462 e. The summed E-state index contributed by atoms with van der Waals surface area (Å²) < 4.78 is 11.4. The van der Waals surface area contributed by atoms with Crippen LogP contribution in [0.3, 0.4) is 0 Å². The van der Waals surface area contributed by atoms with Crippen LogP contribution in [0.4, 0.5) is 0 Å². The highest BCUT2D eigenvalue weighted by molar-refractivity contribution is 5.78. The highest BCUT2D eigenvalue weighted by atomic mass is 16.6.